The molecule has 0 heterocycles. The Balaban J connectivity index is 2.18. The van der Waals surface area contributed by atoms with E-state index in [2.05, 4.69) is 11.2 Å². The van der Waals surface area contributed by atoms with Gasteiger partial charge in [-0.25, -0.2) is 8.78 Å². The number of hydrogen-bond acceptors (Lipinski definition) is 3. The van der Waals surface area contributed by atoms with Crippen LogP contribution in [-0.2, 0) is 0 Å². The topological polar surface area (TPSA) is 58.6 Å². The minimum absolute atomic E-state index is 0.161. The summed E-state index contributed by atoms with van der Waals surface area (Å²) in [7, 11) is 0. The number of rotatable bonds is 5. The number of hydrogen-bond donors (Lipinski definition) is 2. The van der Waals surface area contributed by atoms with Crippen molar-refractivity contribution in [3.05, 3.63) is 29.3 Å². The molecule has 124 valence electrons. The van der Waals surface area contributed by atoms with Gasteiger partial charge in [-0.05, 0) is 25.0 Å². The molecule has 0 atom stereocenters. The molecule has 1 fully saturated rings. The molecule has 1 aromatic rings. The lowest BCUT2D eigenvalue weighted by Crippen LogP contribution is -2.52. The Kier molecular flexibility index (Phi) is 5.56. The van der Waals surface area contributed by atoms with Crippen LogP contribution in [-0.4, -0.2) is 29.8 Å². The largest absolute Gasteiger partial charge is 0.475 e. The molecule has 0 spiro atoms. The summed E-state index contributed by atoms with van der Waals surface area (Å²) in [6, 6.07) is 1.80. The van der Waals surface area contributed by atoms with Crippen LogP contribution in [0.3, 0.4) is 0 Å². The fourth-order valence-electron chi connectivity index (χ4n) is 2.81. The van der Waals surface area contributed by atoms with Crippen molar-refractivity contribution in [1.82, 2.24) is 5.32 Å². The van der Waals surface area contributed by atoms with Gasteiger partial charge in [-0.1, -0.05) is 25.2 Å². The summed E-state index contributed by atoms with van der Waals surface area (Å²) >= 11 is 0. The second kappa shape index (κ2) is 7.42. The molecule has 0 aliphatic heterocycles. The highest BCUT2D eigenvalue weighted by Crippen LogP contribution is 2.29. The lowest BCUT2D eigenvalue weighted by molar-refractivity contribution is 0.0757. The van der Waals surface area contributed by atoms with Crippen molar-refractivity contribution in [3.63, 3.8) is 0 Å². The first-order chi connectivity index (χ1) is 11.0. The molecule has 0 radical (unpaired) electrons. The molecule has 0 aromatic heterocycles. The molecule has 23 heavy (non-hydrogen) atoms. The Morgan fingerprint density at radius 3 is 2.43 bits per heavy atom. The summed E-state index contributed by atoms with van der Waals surface area (Å²) in [5, 5.41) is 12.3. The molecule has 1 aromatic carbocycles. The standard InChI is InChI=1S/C17H19F2NO3/c1-2-8-23-15-13(18)9-12(10-14(15)19)16(22)20-17(11-21)6-4-3-5-7-17/h1,9-10,21H,3-8,11H2,(H,20,22). The zero-order valence-corrected chi connectivity index (χ0v) is 12.7. The number of ether oxygens (including phenoxy) is 1. The van der Waals surface area contributed by atoms with Gasteiger partial charge in [0.1, 0.15) is 6.61 Å². The predicted octanol–water partition coefficient (Wildman–Crippen LogP) is 2.40. The highest BCUT2D eigenvalue weighted by atomic mass is 19.1. The monoisotopic (exact) mass is 323 g/mol. The van der Waals surface area contributed by atoms with Gasteiger partial charge in [-0.3, -0.25) is 4.79 Å². The number of carbonyl (C=O) groups is 1. The summed E-state index contributed by atoms with van der Waals surface area (Å²) in [6.45, 7) is -0.472. The van der Waals surface area contributed by atoms with Gasteiger partial charge in [0, 0.05) is 5.56 Å². The van der Waals surface area contributed by atoms with Crippen molar-refractivity contribution in [2.45, 2.75) is 37.6 Å². The molecule has 1 aliphatic carbocycles. The molecule has 2 rings (SSSR count). The molecule has 0 saturated heterocycles. The van der Waals surface area contributed by atoms with E-state index in [-0.39, 0.29) is 18.8 Å². The Bertz CT molecular complexity index is 596. The molecule has 6 heteroatoms. The molecule has 1 saturated carbocycles. The number of amides is 1. The van der Waals surface area contributed by atoms with Gasteiger partial charge in [0.2, 0.25) is 0 Å². The molecule has 4 nitrogen and oxygen atoms in total. The third-order valence-electron chi connectivity index (χ3n) is 4.05. The maximum atomic E-state index is 13.9. The lowest BCUT2D eigenvalue weighted by Gasteiger charge is -2.36. The van der Waals surface area contributed by atoms with Crippen LogP contribution in [0.1, 0.15) is 42.5 Å². The van der Waals surface area contributed by atoms with E-state index < -0.39 is 28.8 Å². The average molecular weight is 323 g/mol. The van der Waals surface area contributed by atoms with Crippen molar-refractivity contribution in [3.8, 4) is 18.1 Å². The van der Waals surface area contributed by atoms with Gasteiger partial charge in [0.15, 0.2) is 17.4 Å². The highest BCUT2D eigenvalue weighted by molar-refractivity contribution is 5.95. The third kappa shape index (κ3) is 3.99. The number of halogens is 2. The van der Waals surface area contributed by atoms with E-state index in [1.807, 2.05) is 0 Å². The van der Waals surface area contributed by atoms with Crippen LogP contribution in [0.25, 0.3) is 0 Å². The number of aliphatic hydroxyl groups is 1. The zero-order valence-electron chi connectivity index (χ0n) is 12.7. The van der Waals surface area contributed by atoms with Crippen LogP contribution in [0.15, 0.2) is 12.1 Å². The van der Waals surface area contributed by atoms with Gasteiger partial charge in [-0.15, -0.1) is 6.42 Å². The smallest absolute Gasteiger partial charge is 0.252 e. The molecular formula is C17H19F2NO3. The second-order valence-electron chi connectivity index (χ2n) is 5.72. The minimum Gasteiger partial charge on any atom is -0.475 e. The first-order valence-electron chi connectivity index (χ1n) is 7.50. The number of terminal acetylenes is 1. The molecule has 0 unspecified atom stereocenters. The Morgan fingerprint density at radius 2 is 1.91 bits per heavy atom. The van der Waals surface area contributed by atoms with E-state index in [0.29, 0.717) is 12.8 Å². The van der Waals surface area contributed by atoms with E-state index in [1.165, 1.54) is 0 Å². The van der Waals surface area contributed by atoms with Crippen molar-refractivity contribution >= 4 is 5.91 Å². The van der Waals surface area contributed by atoms with Gasteiger partial charge >= 0.3 is 0 Å². The molecule has 0 bridgehead atoms. The normalized spacial score (nSPS) is 16.4. The Morgan fingerprint density at radius 1 is 1.30 bits per heavy atom. The fourth-order valence-corrected chi connectivity index (χ4v) is 2.81. The van der Waals surface area contributed by atoms with Crippen LogP contribution in [0, 0.1) is 24.0 Å². The van der Waals surface area contributed by atoms with Crippen molar-refractivity contribution < 1.29 is 23.4 Å². The van der Waals surface area contributed by atoms with Crippen LogP contribution >= 0.6 is 0 Å². The Labute approximate surface area is 133 Å². The highest BCUT2D eigenvalue weighted by Gasteiger charge is 2.33. The van der Waals surface area contributed by atoms with Gasteiger partial charge < -0.3 is 15.2 Å². The number of aliphatic hydroxyl groups excluding tert-OH is 1. The van der Waals surface area contributed by atoms with E-state index in [1.54, 1.807) is 0 Å². The quantitative estimate of drug-likeness (QED) is 0.818. The summed E-state index contributed by atoms with van der Waals surface area (Å²) < 4.78 is 32.6. The summed E-state index contributed by atoms with van der Waals surface area (Å²) in [5.74, 6) is -1.10. The lowest BCUT2D eigenvalue weighted by atomic mass is 9.82. The van der Waals surface area contributed by atoms with Crippen molar-refractivity contribution in [1.29, 1.82) is 0 Å². The molecule has 2 N–H and O–H groups in total. The first-order valence-corrected chi connectivity index (χ1v) is 7.50. The summed E-state index contributed by atoms with van der Waals surface area (Å²) in [5.41, 5.74) is -0.882. The number of carbonyl (C=O) groups excluding carboxylic acids is 1. The van der Waals surface area contributed by atoms with Crippen molar-refractivity contribution in [2.75, 3.05) is 13.2 Å². The minimum atomic E-state index is -0.993. The van der Waals surface area contributed by atoms with Crippen LogP contribution < -0.4 is 10.1 Å². The van der Waals surface area contributed by atoms with E-state index in [4.69, 9.17) is 11.2 Å². The molecular weight excluding hydrogens is 304 g/mol. The Hall–Kier alpha value is -2.13. The van der Waals surface area contributed by atoms with Crippen LogP contribution in [0.2, 0.25) is 0 Å². The van der Waals surface area contributed by atoms with E-state index in [9.17, 15) is 18.7 Å². The van der Waals surface area contributed by atoms with Gasteiger partial charge in [-0.2, -0.15) is 0 Å². The van der Waals surface area contributed by atoms with Crippen LogP contribution in [0.4, 0.5) is 8.78 Å². The summed E-state index contributed by atoms with van der Waals surface area (Å²) in [6.07, 6.45) is 9.09. The van der Waals surface area contributed by atoms with Gasteiger partial charge in [0.05, 0.1) is 12.1 Å². The maximum absolute atomic E-state index is 13.9. The number of benzene rings is 1. The van der Waals surface area contributed by atoms with Crippen LogP contribution in [0.5, 0.6) is 5.75 Å². The zero-order chi connectivity index (χ0) is 16.9. The average Bonchev–Trinajstić information content (AvgIpc) is 2.55. The second-order valence-corrected chi connectivity index (χ2v) is 5.72. The van der Waals surface area contributed by atoms with E-state index in [0.717, 1.165) is 31.4 Å². The summed E-state index contributed by atoms with van der Waals surface area (Å²) in [4.78, 5) is 12.3. The molecule has 1 amide bonds. The first kappa shape index (κ1) is 17.2. The van der Waals surface area contributed by atoms with Crippen molar-refractivity contribution in [2.24, 2.45) is 0 Å². The predicted molar refractivity (Wildman–Crippen MR) is 81.1 cm³/mol. The maximum Gasteiger partial charge on any atom is 0.252 e. The van der Waals surface area contributed by atoms with Gasteiger partial charge in [0.25, 0.3) is 5.91 Å². The number of nitrogens with one attached hydrogen (secondary N) is 1. The fraction of sp³-hybridized carbons (Fsp3) is 0.471. The third-order valence-corrected chi connectivity index (χ3v) is 4.05. The van der Waals surface area contributed by atoms with E-state index >= 15 is 0 Å². The SMILES string of the molecule is C#CCOc1c(F)cc(C(=O)NC2(CO)CCCCC2)cc1F. The molecule has 1 aliphatic rings.